The molecule has 0 unspecified atom stereocenters. The van der Waals surface area contributed by atoms with Crippen molar-refractivity contribution in [3.63, 3.8) is 0 Å². The standard InChI is InChI=1S/C16H24N2O2/c1-3-20-16(19)5-4-13-10-12(2)18-15(11-13)14-6-8-17-9-7-14/h10-11,14,17H,3-9H2,1-2H3. The first-order chi connectivity index (χ1) is 9.69. The first kappa shape index (κ1) is 15.0. The molecular weight excluding hydrogens is 252 g/mol. The number of piperidine rings is 1. The Hall–Kier alpha value is -1.42. The van der Waals surface area contributed by atoms with Crippen LogP contribution in [0.5, 0.6) is 0 Å². The van der Waals surface area contributed by atoms with Crippen LogP contribution in [0, 0.1) is 6.92 Å². The number of aryl methyl sites for hydroxylation is 2. The van der Waals surface area contributed by atoms with Gasteiger partial charge in [-0.2, -0.15) is 0 Å². The lowest BCUT2D eigenvalue weighted by atomic mass is 9.92. The summed E-state index contributed by atoms with van der Waals surface area (Å²) < 4.78 is 4.98. The second-order valence-electron chi connectivity index (χ2n) is 5.37. The number of carbonyl (C=O) groups is 1. The summed E-state index contributed by atoms with van der Waals surface area (Å²) in [5.74, 6) is 0.433. The number of esters is 1. The molecule has 1 aromatic rings. The third kappa shape index (κ3) is 4.30. The van der Waals surface area contributed by atoms with E-state index < -0.39 is 0 Å². The molecule has 0 aliphatic carbocycles. The van der Waals surface area contributed by atoms with Gasteiger partial charge in [-0.1, -0.05) is 0 Å². The van der Waals surface area contributed by atoms with Gasteiger partial charge in [0.15, 0.2) is 0 Å². The highest BCUT2D eigenvalue weighted by Crippen LogP contribution is 2.25. The lowest BCUT2D eigenvalue weighted by Gasteiger charge is -2.23. The molecule has 1 aromatic heterocycles. The Bertz CT molecular complexity index is 454. The molecule has 2 rings (SSSR count). The van der Waals surface area contributed by atoms with Gasteiger partial charge in [-0.25, -0.2) is 0 Å². The van der Waals surface area contributed by atoms with E-state index in [-0.39, 0.29) is 5.97 Å². The van der Waals surface area contributed by atoms with Crippen molar-refractivity contribution in [2.45, 2.75) is 45.4 Å². The molecular formula is C16H24N2O2. The number of nitrogens with one attached hydrogen (secondary N) is 1. The van der Waals surface area contributed by atoms with E-state index in [9.17, 15) is 4.79 Å². The SMILES string of the molecule is CCOC(=O)CCc1cc(C)nc(C2CCNCC2)c1. The summed E-state index contributed by atoms with van der Waals surface area (Å²) in [6.07, 6.45) is 3.48. The molecule has 1 fully saturated rings. The predicted molar refractivity (Wildman–Crippen MR) is 78.8 cm³/mol. The maximum absolute atomic E-state index is 11.4. The van der Waals surface area contributed by atoms with Crippen molar-refractivity contribution in [3.8, 4) is 0 Å². The first-order valence-electron chi connectivity index (χ1n) is 7.53. The number of nitrogens with zero attached hydrogens (tertiary/aromatic N) is 1. The molecule has 0 atom stereocenters. The van der Waals surface area contributed by atoms with E-state index in [1.165, 1.54) is 11.3 Å². The smallest absolute Gasteiger partial charge is 0.306 e. The monoisotopic (exact) mass is 276 g/mol. The first-order valence-corrected chi connectivity index (χ1v) is 7.53. The van der Waals surface area contributed by atoms with Crippen LogP contribution in [0.1, 0.15) is 49.1 Å². The van der Waals surface area contributed by atoms with Gasteiger partial charge in [0, 0.05) is 23.7 Å². The number of hydrogen-bond donors (Lipinski definition) is 1. The van der Waals surface area contributed by atoms with Crippen molar-refractivity contribution in [2.75, 3.05) is 19.7 Å². The molecule has 0 aromatic carbocycles. The maximum Gasteiger partial charge on any atom is 0.306 e. The van der Waals surface area contributed by atoms with E-state index in [1.54, 1.807) is 0 Å². The average Bonchev–Trinajstić information content (AvgIpc) is 2.46. The van der Waals surface area contributed by atoms with E-state index >= 15 is 0 Å². The summed E-state index contributed by atoms with van der Waals surface area (Å²) in [6, 6.07) is 4.24. The van der Waals surface area contributed by atoms with Crippen LogP contribution in [0.15, 0.2) is 12.1 Å². The van der Waals surface area contributed by atoms with Crippen molar-refractivity contribution in [1.29, 1.82) is 0 Å². The van der Waals surface area contributed by atoms with E-state index in [0.29, 0.717) is 18.9 Å². The van der Waals surface area contributed by atoms with Crippen LogP contribution in [0.4, 0.5) is 0 Å². The van der Waals surface area contributed by atoms with E-state index in [2.05, 4.69) is 22.4 Å². The lowest BCUT2D eigenvalue weighted by molar-refractivity contribution is -0.143. The normalized spacial score (nSPS) is 16.1. The van der Waals surface area contributed by atoms with Crippen LogP contribution in [-0.4, -0.2) is 30.6 Å². The van der Waals surface area contributed by atoms with Gasteiger partial charge in [0.05, 0.1) is 6.61 Å². The predicted octanol–water partition coefficient (Wildman–Crippen LogP) is 2.35. The van der Waals surface area contributed by atoms with E-state index in [0.717, 1.165) is 38.0 Å². The fraction of sp³-hybridized carbons (Fsp3) is 0.625. The quantitative estimate of drug-likeness (QED) is 0.839. The van der Waals surface area contributed by atoms with Crippen molar-refractivity contribution >= 4 is 5.97 Å². The summed E-state index contributed by atoms with van der Waals surface area (Å²) in [5.41, 5.74) is 3.42. The van der Waals surface area contributed by atoms with Gasteiger partial charge < -0.3 is 10.1 Å². The van der Waals surface area contributed by atoms with E-state index in [4.69, 9.17) is 4.74 Å². The van der Waals surface area contributed by atoms with Crippen LogP contribution in [0.2, 0.25) is 0 Å². The van der Waals surface area contributed by atoms with Gasteiger partial charge >= 0.3 is 5.97 Å². The van der Waals surface area contributed by atoms with Crippen molar-refractivity contribution in [1.82, 2.24) is 10.3 Å². The second-order valence-corrected chi connectivity index (χ2v) is 5.37. The van der Waals surface area contributed by atoms with Crippen LogP contribution in [0.3, 0.4) is 0 Å². The zero-order chi connectivity index (χ0) is 14.4. The lowest BCUT2D eigenvalue weighted by Crippen LogP contribution is -2.27. The van der Waals surface area contributed by atoms with Gasteiger partial charge in [-0.15, -0.1) is 0 Å². The van der Waals surface area contributed by atoms with Crippen molar-refractivity contribution in [3.05, 3.63) is 29.1 Å². The molecule has 4 heteroatoms. The second kappa shape index (κ2) is 7.39. The molecule has 2 heterocycles. The third-order valence-corrected chi connectivity index (χ3v) is 3.71. The van der Waals surface area contributed by atoms with Gasteiger partial charge in [-0.05, 0) is 63.9 Å². The van der Waals surface area contributed by atoms with E-state index in [1.807, 2.05) is 13.8 Å². The van der Waals surface area contributed by atoms with Gasteiger partial charge in [-0.3, -0.25) is 9.78 Å². The van der Waals surface area contributed by atoms with Gasteiger partial charge in [0.2, 0.25) is 0 Å². The number of aromatic nitrogens is 1. The summed E-state index contributed by atoms with van der Waals surface area (Å²) in [7, 11) is 0. The van der Waals surface area contributed by atoms with Gasteiger partial charge in [0.25, 0.3) is 0 Å². The van der Waals surface area contributed by atoms with Crippen LogP contribution >= 0.6 is 0 Å². The number of hydrogen-bond acceptors (Lipinski definition) is 4. The zero-order valence-electron chi connectivity index (χ0n) is 12.4. The van der Waals surface area contributed by atoms with Crippen LogP contribution in [-0.2, 0) is 16.0 Å². The molecule has 1 saturated heterocycles. The fourth-order valence-corrected chi connectivity index (χ4v) is 2.72. The minimum Gasteiger partial charge on any atom is -0.466 e. The molecule has 1 N–H and O–H groups in total. The average molecular weight is 276 g/mol. The molecule has 0 radical (unpaired) electrons. The molecule has 1 aliphatic rings. The topological polar surface area (TPSA) is 51.2 Å². The minimum atomic E-state index is -0.120. The summed E-state index contributed by atoms with van der Waals surface area (Å²) >= 11 is 0. The molecule has 1 aliphatic heterocycles. The third-order valence-electron chi connectivity index (χ3n) is 3.71. The molecule has 20 heavy (non-hydrogen) atoms. The van der Waals surface area contributed by atoms with Crippen molar-refractivity contribution < 1.29 is 9.53 Å². The molecule has 110 valence electrons. The maximum atomic E-state index is 11.4. The zero-order valence-corrected chi connectivity index (χ0v) is 12.4. The Labute approximate surface area is 120 Å². The van der Waals surface area contributed by atoms with Gasteiger partial charge in [0.1, 0.15) is 0 Å². The number of carbonyl (C=O) groups excluding carboxylic acids is 1. The number of rotatable bonds is 5. The molecule has 0 amide bonds. The Kier molecular flexibility index (Phi) is 5.53. The molecule has 0 spiro atoms. The van der Waals surface area contributed by atoms with Crippen molar-refractivity contribution in [2.24, 2.45) is 0 Å². The highest BCUT2D eigenvalue weighted by Gasteiger charge is 2.17. The molecule has 0 bridgehead atoms. The van der Waals surface area contributed by atoms with Crippen LogP contribution in [0.25, 0.3) is 0 Å². The molecule has 4 nitrogen and oxygen atoms in total. The Morgan fingerprint density at radius 1 is 1.40 bits per heavy atom. The minimum absolute atomic E-state index is 0.120. The Balaban J connectivity index is 2.02. The summed E-state index contributed by atoms with van der Waals surface area (Å²) in [5, 5.41) is 3.38. The van der Waals surface area contributed by atoms with Crippen LogP contribution < -0.4 is 5.32 Å². The largest absolute Gasteiger partial charge is 0.466 e. The number of ether oxygens (including phenoxy) is 1. The highest BCUT2D eigenvalue weighted by atomic mass is 16.5. The number of pyridine rings is 1. The fourth-order valence-electron chi connectivity index (χ4n) is 2.72. The highest BCUT2D eigenvalue weighted by molar-refractivity contribution is 5.69. The molecule has 0 saturated carbocycles. The Morgan fingerprint density at radius 3 is 2.85 bits per heavy atom. The Morgan fingerprint density at radius 2 is 2.15 bits per heavy atom. The summed E-state index contributed by atoms with van der Waals surface area (Å²) in [6.45, 7) is 6.45. The summed E-state index contributed by atoms with van der Waals surface area (Å²) in [4.78, 5) is 16.1.